The van der Waals surface area contributed by atoms with Gasteiger partial charge in [-0.1, -0.05) is 45.4 Å². The van der Waals surface area contributed by atoms with Crippen LogP contribution in [0.5, 0.6) is 5.75 Å². The molecule has 0 spiro atoms. The smallest absolute Gasteiger partial charge is 0.262 e. The third kappa shape index (κ3) is 6.20. The van der Waals surface area contributed by atoms with Gasteiger partial charge in [0.25, 0.3) is 5.91 Å². The molecule has 4 heteroatoms. The lowest BCUT2D eigenvalue weighted by Gasteiger charge is -2.12. The van der Waals surface area contributed by atoms with Crippen molar-refractivity contribution in [2.75, 3.05) is 11.9 Å². The minimum absolute atomic E-state index is 0.0167. The van der Waals surface area contributed by atoms with E-state index in [1.807, 2.05) is 30.3 Å². The monoisotopic (exact) mass is 403 g/mol. The van der Waals surface area contributed by atoms with Crippen LogP contribution in [0.15, 0.2) is 46.9 Å². The van der Waals surface area contributed by atoms with Crippen molar-refractivity contribution in [2.24, 2.45) is 0 Å². The van der Waals surface area contributed by atoms with Crippen molar-refractivity contribution in [1.82, 2.24) is 0 Å². The first-order valence-electron chi connectivity index (χ1n) is 8.80. The van der Waals surface area contributed by atoms with Gasteiger partial charge in [-0.05, 0) is 70.1 Å². The Morgan fingerprint density at radius 1 is 1.16 bits per heavy atom. The standard InChI is InChI=1S/C21H26BrNO2/c1-4-5-6-16-7-10-18(11-8-16)23-21(24)14-25-20-12-9-17(15(2)3)13-19(20)22/h7-13,15H,4-6,14H2,1-3H3,(H,23,24). The molecule has 3 nitrogen and oxygen atoms in total. The molecule has 0 aliphatic heterocycles. The molecule has 0 unspecified atom stereocenters. The van der Waals surface area contributed by atoms with Crippen LogP contribution in [0.3, 0.4) is 0 Å². The van der Waals surface area contributed by atoms with E-state index >= 15 is 0 Å². The predicted octanol–water partition coefficient (Wildman–Crippen LogP) is 5.93. The maximum absolute atomic E-state index is 12.1. The molecule has 0 saturated heterocycles. The summed E-state index contributed by atoms with van der Waals surface area (Å²) in [5, 5.41) is 2.87. The van der Waals surface area contributed by atoms with Gasteiger partial charge in [-0.15, -0.1) is 0 Å². The molecule has 0 fully saturated rings. The van der Waals surface area contributed by atoms with Crippen molar-refractivity contribution >= 4 is 27.5 Å². The van der Waals surface area contributed by atoms with Gasteiger partial charge in [0.2, 0.25) is 0 Å². The number of rotatable bonds is 8. The van der Waals surface area contributed by atoms with E-state index in [9.17, 15) is 4.79 Å². The molecule has 134 valence electrons. The summed E-state index contributed by atoms with van der Waals surface area (Å²) >= 11 is 3.50. The van der Waals surface area contributed by atoms with Crippen LogP contribution in [0.1, 0.15) is 50.7 Å². The SMILES string of the molecule is CCCCc1ccc(NC(=O)COc2ccc(C(C)C)cc2Br)cc1. The number of hydrogen-bond acceptors (Lipinski definition) is 2. The van der Waals surface area contributed by atoms with Crippen LogP contribution in [-0.4, -0.2) is 12.5 Å². The van der Waals surface area contributed by atoms with Crippen LogP contribution in [0.2, 0.25) is 0 Å². The Kier molecular flexibility index (Phi) is 7.51. The highest BCUT2D eigenvalue weighted by Crippen LogP contribution is 2.28. The van der Waals surface area contributed by atoms with E-state index in [1.54, 1.807) is 0 Å². The molecular weight excluding hydrogens is 378 g/mol. The Balaban J connectivity index is 1.86. The largest absolute Gasteiger partial charge is 0.483 e. The maximum atomic E-state index is 12.1. The Morgan fingerprint density at radius 3 is 2.48 bits per heavy atom. The van der Waals surface area contributed by atoms with Gasteiger partial charge < -0.3 is 10.1 Å². The highest BCUT2D eigenvalue weighted by molar-refractivity contribution is 9.10. The average Bonchev–Trinajstić information content (AvgIpc) is 2.60. The Morgan fingerprint density at radius 2 is 1.88 bits per heavy atom. The Hall–Kier alpha value is -1.81. The fourth-order valence-corrected chi connectivity index (χ4v) is 2.98. The van der Waals surface area contributed by atoms with Gasteiger partial charge in [0.1, 0.15) is 5.75 Å². The summed E-state index contributed by atoms with van der Waals surface area (Å²) in [6.07, 6.45) is 3.45. The molecule has 2 aromatic rings. The maximum Gasteiger partial charge on any atom is 0.262 e. The third-order valence-corrected chi connectivity index (χ3v) is 4.66. The summed E-state index contributed by atoms with van der Waals surface area (Å²) in [6, 6.07) is 14.0. The quantitative estimate of drug-likeness (QED) is 0.592. The van der Waals surface area contributed by atoms with Gasteiger partial charge in [-0.25, -0.2) is 0 Å². The molecule has 2 rings (SSSR count). The number of benzene rings is 2. The summed E-state index contributed by atoms with van der Waals surface area (Å²) in [4.78, 5) is 12.1. The lowest BCUT2D eigenvalue weighted by atomic mass is 10.0. The van der Waals surface area contributed by atoms with Gasteiger partial charge in [-0.3, -0.25) is 4.79 Å². The molecule has 1 N–H and O–H groups in total. The first-order valence-corrected chi connectivity index (χ1v) is 9.60. The molecule has 0 bridgehead atoms. The average molecular weight is 404 g/mol. The summed E-state index contributed by atoms with van der Waals surface area (Å²) in [5.41, 5.74) is 3.32. The number of carbonyl (C=O) groups is 1. The number of ether oxygens (including phenoxy) is 1. The van der Waals surface area contributed by atoms with Gasteiger partial charge >= 0.3 is 0 Å². The topological polar surface area (TPSA) is 38.3 Å². The van der Waals surface area contributed by atoms with E-state index in [0.717, 1.165) is 16.6 Å². The van der Waals surface area contributed by atoms with Crippen molar-refractivity contribution in [2.45, 2.75) is 46.0 Å². The van der Waals surface area contributed by atoms with Crippen molar-refractivity contribution in [3.63, 3.8) is 0 Å². The fraction of sp³-hybridized carbons (Fsp3) is 0.381. The molecule has 0 saturated carbocycles. The number of aryl methyl sites for hydroxylation is 1. The van der Waals surface area contributed by atoms with Crippen LogP contribution >= 0.6 is 15.9 Å². The zero-order valence-electron chi connectivity index (χ0n) is 15.1. The van der Waals surface area contributed by atoms with Crippen molar-refractivity contribution in [1.29, 1.82) is 0 Å². The number of carbonyl (C=O) groups excluding carboxylic acids is 1. The van der Waals surface area contributed by atoms with Crippen molar-refractivity contribution < 1.29 is 9.53 Å². The Labute approximate surface area is 158 Å². The van der Waals surface area contributed by atoms with E-state index < -0.39 is 0 Å². The zero-order chi connectivity index (χ0) is 18.2. The van der Waals surface area contributed by atoms with Crippen LogP contribution in [0.25, 0.3) is 0 Å². The molecule has 0 radical (unpaired) electrons. The van der Waals surface area contributed by atoms with Crippen molar-refractivity contribution in [3.05, 3.63) is 58.1 Å². The highest BCUT2D eigenvalue weighted by Gasteiger charge is 2.08. The molecule has 25 heavy (non-hydrogen) atoms. The number of amides is 1. The summed E-state index contributed by atoms with van der Waals surface area (Å²) in [7, 11) is 0. The lowest BCUT2D eigenvalue weighted by molar-refractivity contribution is -0.118. The summed E-state index contributed by atoms with van der Waals surface area (Å²) in [5.74, 6) is 0.963. The van der Waals surface area contributed by atoms with Gasteiger partial charge in [0.05, 0.1) is 4.47 Å². The summed E-state index contributed by atoms with van der Waals surface area (Å²) in [6.45, 7) is 6.45. The number of halogens is 1. The van der Waals surface area contributed by atoms with Gasteiger partial charge in [0.15, 0.2) is 6.61 Å². The number of unbranched alkanes of at least 4 members (excludes halogenated alkanes) is 1. The van der Waals surface area contributed by atoms with Gasteiger partial charge in [0, 0.05) is 5.69 Å². The molecule has 2 aromatic carbocycles. The molecule has 1 amide bonds. The molecule has 0 aliphatic rings. The van der Waals surface area contributed by atoms with Crippen LogP contribution in [0.4, 0.5) is 5.69 Å². The van der Waals surface area contributed by atoms with E-state index in [-0.39, 0.29) is 12.5 Å². The molecule has 0 atom stereocenters. The minimum Gasteiger partial charge on any atom is -0.483 e. The highest BCUT2D eigenvalue weighted by atomic mass is 79.9. The second-order valence-electron chi connectivity index (χ2n) is 6.48. The molecule has 0 heterocycles. The molecule has 0 aromatic heterocycles. The predicted molar refractivity (Wildman–Crippen MR) is 107 cm³/mol. The van der Waals surface area contributed by atoms with Crippen LogP contribution < -0.4 is 10.1 Å². The minimum atomic E-state index is -0.166. The lowest BCUT2D eigenvalue weighted by Crippen LogP contribution is -2.20. The van der Waals surface area contributed by atoms with Crippen LogP contribution in [0, 0.1) is 0 Å². The first kappa shape index (κ1) is 19.5. The van der Waals surface area contributed by atoms with Crippen molar-refractivity contribution in [3.8, 4) is 5.75 Å². The van der Waals surface area contributed by atoms with E-state index in [1.165, 1.54) is 24.0 Å². The fourth-order valence-electron chi connectivity index (χ4n) is 2.47. The zero-order valence-corrected chi connectivity index (χ0v) is 16.7. The number of anilines is 1. The molecular formula is C21H26BrNO2. The van der Waals surface area contributed by atoms with Gasteiger partial charge in [-0.2, -0.15) is 0 Å². The van der Waals surface area contributed by atoms with Crippen LogP contribution in [-0.2, 0) is 11.2 Å². The Bertz CT molecular complexity index is 696. The third-order valence-electron chi connectivity index (χ3n) is 4.04. The number of hydrogen-bond donors (Lipinski definition) is 1. The summed E-state index contributed by atoms with van der Waals surface area (Å²) < 4.78 is 6.49. The van der Waals surface area contributed by atoms with E-state index in [2.05, 4.69) is 54.2 Å². The number of nitrogens with one attached hydrogen (secondary N) is 1. The normalized spacial score (nSPS) is 10.8. The van der Waals surface area contributed by atoms with E-state index in [0.29, 0.717) is 11.7 Å². The second kappa shape index (κ2) is 9.62. The second-order valence-corrected chi connectivity index (χ2v) is 7.34. The molecule has 0 aliphatic carbocycles. The first-order chi connectivity index (χ1) is 12.0. The van der Waals surface area contributed by atoms with E-state index in [4.69, 9.17) is 4.74 Å².